The van der Waals surface area contributed by atoms with Crippen molar-refractivity contribution in [2.24, 2.45) is 0 Å². The van der Waals surface area contributed by atoms with E-state index in [9.17, 15) is 4.79 Å². The van der Waals surface area contributed by atoms with Gasteiger partial charge in [-0.2, -0.15) is 0 Å². The monoisotopic (exact) mass is 218 g/mol. The molecule has 0 saturated heterocycles. The van der Waals surface area contributed by atoms with E-state index < -0.39 is 0 Å². The molecule has 0 fully saturated rings. The molecule has 1 heterocycles. The van der Waals surface area contributed by atoms with Gasteiger partial charge < -0.3 is 9.47 Å². The van der Waals surface area contributed by atoms with Crippen LogP contribution in [0.3, 0.4) is 0 Å². The fourth-order valence-electron chi connectivity index (χ4n) is 1.52. The average molecular weight is 218 g/mol. The second-order valence-corrected chi connectivity index (χ2v) is 3.66. The molecular weight excluding hydrogens is 204 g/mol. The van der Waals surface area contributed by atoms with Gasteiger partial charge in [0.2, 0.25) is 0 Å². The van der Waals surface area contributed by atoms with Crippen molar-refractivity contribution < 1.29 is 14.3 Å². The highest BCUT2D eigenvalue weighted by atomic mass is 16.5. The molecule has 0 unspecified atom stereocenters. The zero-order valence-corrected chi connectivity index (χ0v) is 9.02. The lowest BCUT2D eigenvalue weighted by atomic mass is 10.2. The quantitative estimate of drug-likeness (QED) is 0.574. The Bertz CT molecular complexity index is 379. The molecule has 2 rings (SSSR count). The maximum Gasteiger partial charge on any atom is 0.150 e. The molecule has 0 aromatic heterocycles. The van der Waals surface area contributed by atoms with Gasteiger partial charge in [-0.25, -0.2) is 0 Å². The van der Waals surface area contributed by atoms with Gasteiger partial charge in [0.1, 0.15) is 18.6 Å². The van der Waals surface area contributed by atoms with Crippen molar-refractivity contribution in [3.63, 3.8) is 0 Å². The van der Waals surface area contributed by atoms with Crippen molar-refractivity contribution in [3.05, 3.63) is 41.5 Å². The van der Waals surface area contributed by atoms with Crippen LogP contribution in [0.1, 0.15) is 16.8 Å². The largest absolute Gasteiger partial charge is 0.489 e. The standard InChI is InChI=1S/C13H14O3/c14-9-11-1-3-13(4-2-11)16-10-12-5-7-15-8-6-12/h1-5,9H,6-8,10H2. The van der Waals surface area contributed by atoms with E-state index in [0.717, 1.165) is 25.1 Å². The van der Waals surface area contributed by atoms with E-state index in [1.807, 2.05) is 12.1 Å². The van der Waals surface area contributed by atoms with Crippen LogP contribution >= 0.6 is 0 Å². The third-order valence-corrected chi connectivity index (χ3v) is 2.50. The molecule has 0 radical (unpaired) electrons. The molecule has 16 heavy (non-hydrogen) atoms. The molecule has 0 amide bonds. The van der Waals surface area contributed by atoms with Crippen LogP contribution in [0.25, 0.3) is 0 Å². The van der Waals surface area contributed by atoms with Gasteiger partial charge in [-0.3, -0.25) is 4.79 Å². The lowest BCUT2D eigenvalue weighted by Gasteiger charge is -2.14. The van der Waals surface area contributed by atoms with Crippen LogP contribution in [-0.4, -0.2) is 26.1 Å². The minimum Gasteiger partial charge on any atom is -0.489 e. The summed E-state index contributed by atoms with van der Waals surface area (Å²) in [5.74, 6) is 0.790. The van der Waals surface area contributed by atoms with E-state index in [-0.39, 0.29) is 0 Å². The number of benzene rings is 1. The summed E-state index contributed by atoms with van der Waals surface area (Å²) in [5.41, 5.74) is 1.93. The van der Waals surface area contributed by atoms with Gasteiger partial charge in [0, 0.05) is 5.56 Å². The predicted octanol–water partition coefficient (Wildman–Crippen LogP) is 2.22. The zero-order valence-electron chi connectivity index (χ0n) is 9.02. The average Bonchev–Trinajstić information content (AvgIpc) is 2.38. The van der Waals surface area contributed by atoms with Crippen LogP contribution < -0.4 is 4.74 Å². The molecule has 1 aliphatic rings. The summed E-state index contributed by atoms with van der Waals surface area (Å²) >= 11 is 0. The lowest BCUT2D eigenvalue weighted by molar-refractivity contribution is 0.112. The molecule has 0 saturated carbocycles. The second-order valence-electron chi connectivity index (χ2n) is 3.66. The van der Waals surface area contributed by atoms with Crippen molar-refractivity contribution >= 4 is 6.29 Å². The summed E-state index contributed by atoms with van der Waals surface area (Å²) in [6, 6.07) is 7.12. The summed E-state index contributed by atoms with van der Waals surface area (Å²) < 4.78 is 10.8. The Labute approximate surface area is 94.7 Å². The first-order valence-electron chi connectivity index (χ1n) is 5.32. The molecule has 0 bridgehead atoms. The Kier molecular flexibility index (Phi) is 3.72. The fourth-order valence-corrected chi connectivity index (χ4v) is 1.52. The van der Waals surface area contributed by atoms with Crippen LogP contribution in [0.15, 0.2) is 35.9 Å². The SMILES string of the molecule is O=Cc1ccc(OCC2=CCOCC2)cc1. The molecule has 0 N–H and O–H groups in total. The molecule has 1 aliphatic heterocycles. The van der Waals surface area contributed by atoms with Crippen LogP contribution in [0.2, 0.25) is 0 Å². The first kappa shape index (κ1) is 10.9. The minimum absolute atomic E-state index is 0.601. The number of carbonyl (C=O) groups excluding carboxylic acids is 1. The summed E-state index contributed by atoms with van der Waals surface area (Å²) in [5, 5.41) is 0. The van der Waals surface area contributed by atoms with Crippen LogP contribution in [0.4, 0.5) is 0 Å². The number of hydrogen-bond acceptors (Lipinski definition) is 3. The fraction of sp³-hybridized carbons (Fsp3) is 0.308. The van der Waals surface area contributed by atoms with Crippen LogP contribution in [0, 0.1) is 0 Å². The zero-order chi connectivity index (χ0) is 11.2. The smallest absolute Gasteiger partial charge is 0.150 e. The molecule has 84 valence electrons. The topological polar surface area (TPSA) is 35.5 Å². The van der Waals surface area contributed by atoms with E-state index in [0.29, 0.717) is 18.8 Å². The number of ether oxygens (including phenoxy) is 2. The predicted molar refractivity (Wildman–Crippen MR) is 60.8 cm³/mol. The summed E-state index contributed by atoms with van der Waals surface area (Å²) in [4.78, 5) is 10.5. The van der Waals surface area contributed by atoms with Crippen LogP contribution in [-0.2, 0) is 4.74 Å². The van der Waals surface area contributed by atoms with Gasteiger partial charge in [0.05, 0.1) is 13.2 Å². The number of aldehydes is 1. The summed E-state index contributed by atoms with van der Waals surface area (Å²) in [6.07, 6.45) is 3.82. The molecule has 1 aromatic carbocycles. The Balaban J connectivity index is 1.88. The minimum atomic E-state index is 0.601. The molecule has 0 spiro atoms. The Morgan fingerprint density at radius 2 is 2.12 bits per heavy atom. The molecule has 0 atom stereocenters. The lowest BCUT2D eigenvalue weighted by Crippen LogP contribution is -2.10. The van der Waals surface area contributed by atoms with E-state index in [1.165, 1.54) is 5.57 Å². The van der Waals surface area contributed by atoms with E-state index in [1.54, 1.807) is 12.1 Å². The highest BCUT2D eigenvalue weighted by Gasteiger charge is 2.04. The second kappa shape index (κ2) is 5.47. The maximum atomic E-state index is 10.5. The normalized spacial score (nSPS) is 15.4. The van der Waals surface area contributed by atoms with Crippen molar-refractivity contribution in [1.82, 2.24) is 0 Å². The molecular formula is C13H14O3. The Morgan fingerprint density at radius 1 is 1.31 bits per heavy atom. The van der Waals surface area contributed by atoms with Gasteiger partial charge in [-0.05, 0) is 36.3 Å². The molecule has 1 aromatic rings. The maximum absolute atomic E-state index is 10.5. The third kappa shape index (κ3) is 2.94. The number of rotatable bonds is 4. The van der Waals surface area contributed by atoms with E-state index >= 15 is 0 Å². The molecule has 3 nitrogen and oxygen atoms in total. The Hall–Kier alpha value is -1.61. The van der Waals surface area contributed by atoms with E-state index in [4.69, 9.17) is 9.47 Å². The van der Waals surface area contributed by atoms with Gasteiger partial charge in [0.25, 0.3) is 0 Å². The molecule has 3 heteroatoms. The van der Waals surface area contributed by atoms with Gasteiger partial charge in [-0.1, -0.05) is 6.08 Å². The number of carbonyl (C=O) groups is 1. The van der Waals surface area contributed by atoms with Gasteiger partial charge >= 0.3 is 0 Å². The third-order valence-electron chi connectivity index (χ3n) is 2.50. The van der Waals surface area contributed by atoms with Gasteiger partial charge in [-0.15, -0.1) is 0 Å². The van der Waals surface area contributed by atoms with Crippen molar-refractivity contribution in [2.45, 2.75) is 6.42 Å². The van der Waals surface area contributed by atoms with Crippen LogP contribution in [0.5, 0.6) is 5.75 Å². The highest BCUT2D eigenvalue weighted by molar-refractivity contribution is 5.74. The first-order valence-corrected chi connectivity index (χ1v) is 5.32. The number of hydrogen-bond donors (Lipinski definition) is 0. The first-order chi connectivity index (χ1) is 7.88. The molecule has 0 aliphatic carbocycles. The van der Waals surface area contributed by atoms with E-state index in [2.05, 4.69) is 6.08 Å². The van der Waals surface area contributed by atoms with Crippen molar-refractivity contribution in [2.75, 3.05) is 19.8 Å². The van der Waals surface area contributed by atoms with Crippen molar-refractivity contribution in [1.29, 1.82) is 0 Å². The Morgan fingerprint density at radius 3 is 2.75 bits per heavy atom. The van der Waals surface area contributed by atoms with Crippen molar-refractivity contribution in [3.8, 4) is 5.75 Å². The summed E-state index contributed by atoms with van der Waals surface area (Å²) in [6.45, 7) is 2.06. The highest BCUT2D eigenvalue weighted by Crippen LogP contribution is 2.14. The van der Waals surface area contributed by atoms with Gasteiger partial charge in [0.15, 0.2) is 0 Å². The summed E-state index contributed by atoms with van der Waals surface area (Å²) in [7, 11) is 0.